The van der Waals surface area contributed by atoms with E-state index in [0.717, 1.165) is 0 Å². The zero-order chi connectivity index (χ0) is 24.3. The van der Waals surface area contributed by atoms with E-state index in [4.69, 9.17) is 14.2 Å². The highest BCUT2D eigenvalue weighted by Crippen LogP contribution is 2.45. The molecule has 0 saturated carbocycles. The first-order valence-corrected chi connectivity index (χ1v) is 11.0. The minimum Gasteiger partial charge on any atom is -0.468 e. The molecule has 1 aromatic carbocycles. The fraction of sp³-hybridized carbons (Fsp3) is 0.480. The summed E-state index contributed by atoms with van der Waals surface area (Å²) in [6, 6.07) is 5.77. The van der Waals surface area contributed by atoms with Crippen LogP contribution >= 0.6 is 0 Å². The van der Waals surface area contributed by atoms with Gasteiger partial charge in [0.2, 0.25) is 0 Å². The van der Waals surface area contributed by atoms with Gasteiger partial charge in [-0.2, -0.15) is 0 Å². The zero-order valence-corrected chi connectivity index (χ0v) is 19.6. The van der Waals surface area contributed by atoms with Gasteiger partial charge in [0.25, 0.3) is 0 Å². The van der Waals surface area contributed by atoms with Gasteiger partial charge in [-0.15, -0.1) is 0 Å². The molecule has 3 atom stereocenters. The van der Waals surface area contributed by atoms with Crippen LogP contribution in [0.25, 0.3) is 0 Å². The third-order valence-corrected chi connectivity index (χ3v) is 5.91. The molecule has 2 aliphatic rings. The van der Waals surface area contributed by atoms with Crippen LogP contribution in [-0.2, 0) is 28.6 Å². The van der Waals surface area contributed by atoms with Gasteiger partial charge in [0.15, 0.2) is 5.78 Å². The van der Waals surface area contributed by atoms with Crippen molar-refractivity contribution in [2.24, 2.45) is 11.8 Å². The standard InChI is InChI=1S/C25H30FNO6/c1-13(2)32-9-10-33-25(30)20-15(4)27-18-11-14(3)19(24(29)31-5)23(28)22(18)21(20)16-7-6-8-17(26)12-16/h6-8,12-14,19,21,27H,9-11H2,1-5H3. The van der Waals surface area contributed by atoms with Gasteiger partial charge in [-0.3, -0.25) is 9.59 Å². The Hall–Kier alpha value is -3.00. The smallest absolute Gasteiger partial charge is 0.336 e. The van der Waals surface area contributed by atoms with Crippen molar-refractivity contribution in [1.29, 1.82) is 0 Å². The Morgan fingerprint density at radius 1 is 1.24 bits per heavy atom. The molecule has 0 fully saturated rings. The molecule has 8 heteroatoms. The average molecular weight is 460 g/mol. The number of methoxy groups -OCH3 is 1. The van der Waals surface area contributed by atoms with Gasteiger partial charge in [0, 0.05) is 22.9 Å². The van der Waals surface area contributed by atoms with Gasteiger partial charge in [0.1, 0.15) is 18.3 Å². The Balaban J connectivity index is 2.04. The molecule has 0 amide bonds. The number of hydrogen-bond donors (Lipinski definition) is 1. The molecule has 7 nitrogen and oxygen atoms in total. The lowest BCUT2D eigenvalue weighted by atomic mass is 9.69. The topological polar surface area (TPSA) is 90.9 Å². The summed E-state index contributed by atoms with van der Waals surface area (Å²) in [5.74, 6) is -4.35. The van der Waals surface area contributed by atoms with Crippen molar-refractivity contribution in [2.45, 2.75) is 46.1 Å². The highest BCUT2D eigenvalue weighted by Gasteiger charge is 2.47. The predicted octanol–water partition coefficient (Wildman–Crippen LogP) is 3.41. The largest absolute Gasteiger partial charge is 0.468 e. The van der Waals surface area contributed by atoms with Crippen LogP contribution < -0.4 is 5.32 Å². The average Bonchev–Trinajstić information content (AvgIpc) is 2.75. The van der Waals surface area contributed by atoms with Crippen molar-refractivity contribution < 1.29 is 33.0 Å². The lowest BCUT2D eigenvalue weighted by Crippen LogP contribution is -2.43. The first-order chi connectivity index (χ1) is 15.6. The number of dihydropyridines is 1. The zero-order valence-electron chi connectivity index (χ0n) is 19.6. The number of carbonyl (C=O) groups is 3. The third kappa shape index (κ3) is 5.16. The number of halogens is 1. The van der Waals surface area contributed by atoms with Crippen LogP contribution in [-0.4, -0.2) is 44.1 Å². The number of hydrogen-bond acceptors (Lipinski definition) is 7. The van der Waals surface area contributed by atoms with E-state index in [9.17, 15) is 18.8 Å². The lowest BCUT2D eigenvalue weighted by Gasteiger charge is -2.38. The first-order valence-electron chi connectivity index (χ1n) is 11.0. The fourth-order valence-corrected chi connectivity index (χ4v) is 4.47. The fourth-order valence-electron chi connectivity index (χ4n) is 4.47. The molecule has 1 aromatic rings. The SMILES string of the molecule is COC(=O)C1C(=O)C2=C(CC1C)NC(C)=C(C(=O)OCCOC(C)C)C2c1cccc(F)c1. The molecule has 0 spiro atoms. The highest BCUT2D eigenvalue weighted by atomic mass is 19.1. The van der Waals surface area contributed by atoms with Crippen molar-refractivity contribution in [3.8, 4) is 0 Å². The number of benzene rings is 1. The van der Waals surface area contributed by atoms with Crippen molar-refractivity contribution in [3.63, 3.8) is 0 Å². The van der Waals surface area contributed by atoms with Gasteiger partial charge < -0.3 is 19.5 Å². The third-order valence-electron chi connectivity index (χ3n) is 5.91. The number of nitrogens with one attached hydrogen (secondary N) is 1. The van der Waals surface area contributed by atoms with Crippen molar-refractivity contribution in [2.75, 3.05) is 20.3 Å². The number of Topliss-reactive ketones (excluding diaryl/α,β-unsaturated/α-hetero) is 1. The Bertz CT molecular complexity index is 1010. The molecule has 0 aromatic heterocycles. The number of ketones is 1. The van der Waals surface area contributed by atoms with E-state index in [0.29, 0.717) is 23.4 Å². The van der Waals surface area contributed by atoms with E-state index in [1.807, 2.05) is 13.8 Å². The summed E-state index contributed by atoms with van der Waals surface area (Å²) >= 11 is 0. The first kappa shape index (κ1) is 24.6. The molecule has 178 valence electrons. The van der Waals surface area contributed by atoms with E-state index in [1.165, 1.54) is 25.3 Å². The lowest BCUT2D eigenvalue weighted by molar-refractivity contribution is -0.151. The number of esters is 2. The number of carbonyl (C=O) groups excluding carboxylic acids is 3. The van der Waals surface area contributed by atoms with Crippen LogP contribution in [0, 0.1) is 17.7 Å². The summed E-state index contributed by atoms with van der Waals surface area (Å²) in [6.45, 7) is 7.54. The Morgan fingerprint density at radius 2 is 1.97 bits per heavy atom. The summed E-state index contributed by atoms with van der Waals surface area (Å²) in [7, 11) is 1.24. The van der Waals surface area contributed by atoms with Crippen LogP contribution in [0.3, 0.4) is 0 Å². The minimum absolute atomic E-state index is 0.00846. The summed E-state index contributed by atoms with van der Waals surface area (Å²) in [6.07, 6.45) is 0.403. The minimum atomic E-state index is -0.998. The molecule has 0 bridgehead atoms. The van der Waals surface area contributed by atoms with Crippen LogP contribution in [0.15, 0.2) is 46.8 Å². The van der Waals surface area contributed by atoms with Gasteiger partial charge >= 0.3 is 11.9 Å². The van der Waals surface area contributed by atoms with Crippen molar-refractivity contribution >= 4 is 17.7 Å². The van der Waals surface area contributed by atoms with E-state index < -0.39 is 35.4 Å². The van der Waals surface area contributed by atoms with Gasteiger partial charge in [-0.25, -0.2) is 9.18 Å². The molecule has 33 heavy (non-hydrogen) atoms. The number of allylic oxidation sites excluding steroid dienone is 3. The number of ether oxygens (including phenoxy) is 3. The highest BCUT2D eigenvalue weighted by molar-refractivity contribution is 6.12. The summed E-state index contributed by atoms with van der Waals surface area (Å²) in [5, 5.41) is 3.17. The van der Waals surface area contributed by atoms with E-state index >= 15 is 0 Å². The Morgan fingerprint density at radius 3 is 2.61 bits per heavy atom. The molecule has 1 aliphatic heterocycles. The molecule has 1 heterocycles. The maximum absolute atomic E-state index is 14.2. The Kier molecular flexibility index (Phi) is 7.68. The normalized spacial score (nSPS) is 22.8. The molecule has 1 N–H and O–H groups in total. The molecular formula is C25H30FNO6. The maximum Gasteiger partial charge on any atom is 0.336 e. The maximum atomic E-state index is 14.2. The van der Waals surface area contributed by atoms with Gasteiger partial charge in [-0.1, -0.05) is 19.1 Å². The van der Waals surface area contributed by atoms with Crippen LogP contribution in [0.2, 0.25) is 0 Å². The van der Waals surface area contributed by atoms with Crippen LogP contribution in [0.5, 0.6) is 0 Å². The summed E-state index contributed by atoms with van der Waals surface area (Å²) in [4.78, 5) is 39.1. The Labute approximate surface area is 193 Å². The summed E-state index contributed by atoms with van der Waals surface area (Å²) in [5.41, 5.74) is 2.05. The second-order valence-corrected chi connectivity index (χ2v) is 8.65. The second kappa shape index (κ2) is 10.3. The van der Waals surface area contributed by atoms with Crippen LogP contribution in [0.4, 0.5) is 4.39 Å². The van der Waals surface area contributed by atoms with E-state index in [1.54, 1.807) is 19.9 Å². The quantitative estimate of drug-likeness (QED) is 0.380. The van der Waals surface area contributed by atoms with Crippen molar-refractivity contribution in [3.05, 3.63) is 58.2 Å². The summed E-state index contributed by atoms with van der Waals surface area (Å²) < 4.78 is 29.9. The second-order valence-electron chi connectivity index (χ2n) is 8.65. The molecule has 1 aliphatic carbocycles. The van der Waals surface area contributed by atoms with Gasteiger partial charge in [0.05, 0.1) is 25.4 Å². The molecule has 0 radical (unpaired) electrons. The van der Waals surface area contributed by atoms with Crippen molar-refractivity contribution in [1.82, 2.24) is 5.32 Å². The monoisotopic (exact) mass is 459 g/mol. The molecular weight excluding hydrogens is 429 g/mol. The molecule has 3 unspecified atom stereocenters. The predicted molar refractivity (Wildman–Crippen MR) is 118 cm³/mol. The van der Waals surface area contributed by atoms with Crippen LogP contribution in [0.1, 0.15) is 45.6 Å². The van der Waals surface area contributed by atoms with E-state index in [2.05, 4.69) is 5.32 Å². The van der Waals surface area contributed by atoms with Gasteiger partial charge in [-0.05, 0) is 50.8 Å². The molecule has 3 rings (SSSR count). The molecule has 0 saturated heterocycles. The van der Waals surface area contributed by atoms with E-state index in [-0.39, 0.29) is 36.4 Å². The number of rotatable bonds is 7.